The van der Waals surface area contributed by atoms with Gasteiger partial charge in [-0.2, -0.15) is 0 Å². The van der Waals surface area contributed by atoms with Gasteiger partial charge in [0.15, 0.2) is 0 Å². The molecule has 0 amide bonds. The van der Waals surface area contributed by atoms with Gasteiger partial charge in [0.2, 0.25) is 0 Å². The fourth-order valence-corrected chi connectivity index (χ4v) is 5.13. The number of aliphatic hydroxyl groups is 1. The number of unbranched alkanes of at least 4 members (excludes halogenated alkanes) is 13. The number of hydrogen-bond donors (Lipinski definition) is 1. The van der Waals surface area contributed by atoms with E-state index in [9.17, 15) is 14.6 Å². The summed E-state index contributed by atoms with van der Waals surface area (Å²) in [5.74, 6) is 0. The Hall–Kier alpha value is -0.430. The maximum atomic E-state index is 12.0. The van der Waals surface area contributed by atoms with Gasteiger partial charge in [-0.3, -0.25) is 9.05 Å². The van der Waals surface area contributed by atoms with Crippen LogP contribution in [0.3, 0.4) is 0 Å². The Balaban J connectivity index is 1.94. The zero-order valence-electron chi connectivity index (χ0n) is 22.9. The lowest BCUT2D eigenvalue weighted by molar-refractivity contribution is -0.858. The van der Waals surface area contributed by atoms with Gasteiger partial charge in [-0.25, -0.2) is 0 Å². The SMILES string of the molecule is CCCCCCCCCCCCCCCCOCC(O)COP(=O)([O-])OC=C1CCCC[N+]1(C)C. The molecule has 0 aromatic heterocycles. The highest BCUT2D eigenvalue weighted by Crippen LogP contribution is 2.40. The molecule has 1 N–H and O–H groups in total. The average Bonchev–Trinajstić information content (AvgIpc) is 2.81. The normalized spacial score (nSPS) is 19.5. The van der Waals surface area contributed by atoms with Crippen molar-refractivity contribution in [2.45, 2.75) is 122 Å². The topological polar surface area (TPSA) is 88.0 Å². The third kappa shape index (κ3) is 17.6. The lowest BCUT2D eigenvalue weighted by atomic mass is 10.0. The van der Waals surface area contributed by atoms with E-state index in [2.05, 4.69) is 6.92 Å². The number of quaternary nitrogens is 1. The van der Waals surface area contributed by atoms with E-state index in [1.807, 2.05) is 14.1 Å². The van der Waals surface area contributed by atoms with E-state index in [0.29, 0.717) is 11.1 Å². The summed E-state index contributed by atoms with van der Waals surface area (Å²) in [6.45, 7) is 3.48. The monoisotopic (exact) mass is 519 g/mol. The zero-order chi connectivity index (χ0) is 25.8. The number of aliphatic hydroxyl groups excluding tert-OH is 1. The van der Waals surface area contributed by atoms with Crippen molar-refractivity contribution in [1.29, 1.82) is 0 Å². The largest absolute Gasteiger partial charge is 0.746 e. The van der Waals surface area contributed by atoms with Crippen molar-refractivity contribution in [3.8, 4) is 0 Å². The molecule has 0 radical (unpaired) electrons. The highest BCUT2D eigenvalue weighted by Gasteiger charge is 2.27. The molecule has 1 aliphatic rings. The molecule has 0 bridgehead atoms. The summed E-state index contributed by atoms with van der Waals surface area (Å²) in [4.78, 5) is 12.0. The molecule has 2 atom stereocenters. The number of piperidine rings is 1. The highest BCUT2D eigenvalue weighted by molar-refractivity contribution is 7.46. The predicted molar refractivity (Wildman–Crippen MR) is 141 cm³/mol. The third-order valence-corrected chi connectivity index (χ3v) is 7.70. The maximum absolute atomic E-state index is 12.0. The van der Waals surface area contributed by atoms with Crippen LogP contribution in [-0.4, -0.2) is 56.2 Å². The summed E-state index contributed by atoms with van der Waals surface area (Å²) >= 11 is 0. The Kier molecular flexibility index (Phi) is 18.3. The van der Waals surface area contributed by atoms with Crippen molar-refractivity contribution in [3.05, 3.63) is 12.0 Å². The molecule has 1 aliphatic heterocycles. The Morgan fingerprint density at radius 3 is 2.00 bits per heavy atom. The standard InChI is InChI=1S/C27H54NO6P/c1-4-5-6-7-8-9-10-11-12-13-14-15-16-19-22-32-24-27(29)25-34-35(30,31)33-23-26-20-17-18-21-28(26,2)3/h23,27,29H,4-22,24-25H2,1-3H3. The van der Waals surface area contributed by atoms with E-state index < -0.39 is 13.9 Å². The zero-order valence-corrected chi connectivity index (χ0v) is 23.8. The Bertz CT molecular complexity index is 598. The van der Waals surface area contributed by atoms with Crippen LogP contribution >= 0.6 is 7.82 Å². The van der Waals surface area contributed by atoms with Crippen molar-refractivity contribution in [1.82, 2.24) is 0 Å². The molecule has 1 rings (SSSR count). The Morgan fingerprint density at radius 1 is 0.914 bits per heavy atom. The van der Waals surface area contributed by atoms with Crippen molar-refractivity contribution in [2.24, 2.45) is 0 Å². The fourth-order valence-electron chi connectivity index (χ4n) is 4.46. The number of ether oxygens (including phenoxy) is 1. The predicted octanol–water partition coefficient (Wildman–Crippen LogP) is 6.45. The van der Waals surface area contributed by atoms with Crippen molar-refractivity contribution < 1.29 is 32.8 Å². The van der Waals surface area contributed by atoms with Crippen LogP contribution in [0.15, 0.2) is 12.0 Å². The minimum atomic E-state index is -4.50. The number of nitrogens with zero attached hydrogens (tertiary/aromatic N) is 1. The summed E-state index contributed by atoms with van der Waals surface area (Å²) in [5, 5.41) is 9.94. The van der Waals surface area contributed by atoms with Crippen molar-refractivity contribution in [2.75, 3.05) is 40.5 Å². The molecule has 0 spiro atoms. The van der Waals surface area contributed by atoms with Gasteiger partial charge in [-0.05, 0) is 19.3 Å². The second-order valence-electron chi connectivity index (χ2n) is 10.6. The van der Waals surface area contributed by atoms with Crippen LogP contribution in [0.2, 0.25) is 0 Å². The summed E-state index contributed by atoms with van der Waals surface area (Å²) < 4.78 is 27.9. The molecule has 1 saturated heterocycles. The lowest BCUT2D eigenvalue weighted by Crippen LogP contribution is -2.42. The van der Waals surface area contributed by atoms with Gasteiger partial charge in [0.1, 0.15) is 18.1 Å². The van der Waals surface area contributed by atoms with E-state index in [4.69, 9.17) is 13.8 Å². The smallest absolute Gasteiger partial charge is 0.319 e. The van der Waals surface area contributed by atoms with Crippen LogP contribution in [0.4, 0.5) is 0 Å². The molecule has 8 heteroatoms. The van der Waals surface area contributed by atoms with Crippen LogP contribution in [0.25, 0.3) is 0 Å². The van der Waals surface area contributed by atoms with E-state index in [1.54, 1.807) is 0 Å². The summed E-state index contributed by atoms with van der Waals surface area (Å²) in [5.41, 5.74) is 0.924. The lowest BCUT2D eigenvalue weighted by Gasteiger charge is -2.35. The second kappa shape index (κ2) is 19.7. The van der Waals surface area contributed by atoms with Gasteiger partial charge < -0.3 is 23.8 Å². The molecule has 0 aromatic rings. The molecule has 0 saturated carbocycles. The molecule has 7 nitrogen and oxygen atoms in total. The van der Waals surface area contributed by atoms with Gasteiger partial charge in [-0.15, -0.1) is 0 Å². The molecule has 208 valence electrons. The van der Waals surface area contributed by atoms with Gasteiger partial charge in [0, 0.05) is 13.0 Å². The number of allylic oxidation sites excluding steroid dienone is 1. The maximum Gasteiger partial charge on any atom is 0.319 e. The molecule has 2 unspecified atom stereocenters. The molecule has 1 heterocycles. The Labute approximate surface area is 215 Å². The summed E-state index contributed by atoms with van der Waals surface area (Å²) in [7, 11) is -0.434. The number of phosphoric acid groups is 1. The minimum Gasteiger partial charge on any atom is -0.746 e. The van der Waals surface area contributed by atoms with Crippen LogP contribution in [-0.2, 0) is 18.3 Å². The first kappa shape index (κ1) is 32.6. The van der Waals surface area contributed by atoms with Crippen LogP contribution in [0.1, 0.15) is 116 Å². The third-order valence-electron chi connectivity index (χ3n) is 6.87. The average molecular weight is 520 g/mol. The van der Waals surface area contributed by atoms with E-state index in [1.165, 1.54) is 83.3 Å². The van der Waals surface area contributed by atoms with Crippen LogP contribution < -0.4 is 4.89 Å². The number of hydrogen-bond acceptors (Lipinski definition) is 6. The first-order valence-electron chi connectivity index (χ1n) is 14.2. The summed E-state index contributed by atoms with van der Waals surface area (Å²) in [6, 6.07) is 0. The molecule has 1 fully saturated rings. The quantitative estimate of drug-likeness (QED) is 0.0765. The molecule has 0 aliphatic carbocycles. The van der Waals surface area contributed by atoms with E-state index >= 15 is 0 Å². The van der Waals surface area contributed by atoms with E-state index in [0.717, 1.165) is 44.3 Å². The van der Waals surface area contributed by atoms with Crippen molar-refractivity contribution in [3.63, 3.8) is 0 Å². The molecule has 0 aromatic carbocycles. The van der Waals surface area contributed by atoms with E-state index in [-0.39, 0.29) is 13.2 Å². The molecule has 35 heavy (non-hydrogen) atoms. The molecular weight excluding hydrogens is 465 g/mol. The van der Waals surface area contributed by atoms with Gasteiger partial charge in [0.25, 0.3) is 0 Å². The van der Waals surface area contributed by atoms with Gasteiger partial charge >= 0.3 is 7.82 Å². The number of rotatable bonds is 22. The first-order valence-corrected chi connectivity index (χ1v) is 15.7. The molecular formula is C27H54NO6P. The second-order valence-corrected chi connectivity index (χ2v) is 12.0. The number of likely N-dealkylation sites (tertiary alicyclic amines) is 1. The van der Waals surface area contributed by atoms with Gasteiger partial charge in [0.05, 0.1) is 33.9 Å². The van der Waals surface area contributed by atoms with Crippen LogP contribution in [0, 0.1) is 0 Å². The van der Waals surface area contributed by atoms with Crippen molar-refractivity contribution >= 4 is 7.82 Å². The minimum absolute atomic E-state index is 0.0590. The van der Waals surface area contributed by atoms with Gasteiger partial charge in [-0.1, -0.05) is 90.4 Å². The van der Waals surface area contributed by atoms with Crippen LogP contribution in [0.5, 0.6) is 0 Å². The highest BCUT2D eigenvalue weighted by atomic mass is 31.2. The number of phosphoric ester groups is 1. The first-order chi connectivity index (χ1) is 16.8. The summed E-state index contributed by atoms with van der Waals surface area (Å²) in [6.07, 6.45) is 21.5. The Morgan fingerprint density at radius 2 is 1.46 bits per heavy atom. The fraction of sp³-hybridized carbons (Fsp3) is 0.926.